The summed E-state index contributed by atoms with van der Waals surface area (Å²) in [6.07, 6.45) is 3.76. The molecule has 6 nitrogen and oxygen atoms in total. The number of likely N-dealkylation sites (tertiary alicyclic amines) is 1. The van der Waals surface area contributed by atoms with Crippen molar-refractivity contribution in [2.75, 3.05) is 13.1 Å². The number of pyridine rings is 1. The van der Waals surface area contributed by atoms with Crippen molar-refractivity contribution in [3.05, 3.63) is 59.0 Å². The summed E-state index contributed by atoms with van der Waals surface area (Å²) in [5, 5.41) is 18.9. The third-order valence-electron chi connectivity index (χ3n) is 4.60. The molecule has 0 saturated carbocycles. The van der Waals surface area contributed by atoms with E-state index in [0.29, 0.717) is 18.1 Å². The smallest absolute Gasteiger partial charge is 0.257 e. The molecule has 25 heavy (non-hydrogen) atoms. The fourth-order valence-corrected chi connectivity index (χ4v) is 3.53. The minimum atomic E-state index is -0.210. The molecule has 1 unspecified atom stereocenters. The Balaban J connectivity index is 1.61. The summed E-state index contributed by atoms with van der Waals surface area (Å²) in [4.78, 5) is 14.6. The van der Waals surface area contributed by atoms with Crippen molar-refractivity contribution < 1.29 is 9.90 Å². The van der Waals surface area contributed by atoms with Crippen LogP contribution in [0.15, 0.2) is 42.6 Å². The average molecular weight is 357 g/mol. The van der Waals surface area contributed by atoms with Crippen molar-refractivity contribution in [2.45, 2.75) is 18.8 Å². The zero-order chi connectivity index (χ0) is 17.4. The summed E-state index contributed by atoms with van der Waals surface area (Å²) in [6, 6.07) is 10.3. The number of carbonyl (C=O) groups is 1. The number of benzene rings is 1. The van der Waals surface area contributed by atoms with Gasteiger partial charge in [-0.2, -0.15) is 0 Å². The predicted molar refractivity (Wildman–Crippen MR) is 94.0 cm³/mol. The molecule has 1 amide bonds. The Morgan fingerprint density at radius 2 is 2.12 bits per heavy atom. The van der Waals surface area contributed by atoms with Gasteiger partial charge in [-0.15, -0.1) is 10.2 Å². The van der Waals surface area contributed by atoms with Crippen LogP contribution in [0.3, 0.4) is 0 Å². The van der Waals surface area contributed by atoms with E-state index in [1.807, 2.05) is 28.8 Å². The van der Waals surface area contributed by atoms with Gasteiger partial charge in [-0.1, -0.05) is 17.7 Å². The van der Waals surface area contributed by atoms with E-state index in [1.165, 1.54) is 12.1 Å². The Kier molecular flexibility index (Phi) is 4.05. The fraction of sp³-hybridized carbons (Fsp3) is 0.278. The largest absolute Gasteiger partial charge is 0.507 e. The molecule has 1 aliphatic rings. The van der Waals surface area contributed by atoms with Crippen LogP contribution in [0.5, 0.6) is 5.75 Å². The van der Waals surface area contributed by atoms with E-state index >= 15 is 0 Å². The lowest BCUT2D eigenvalue weighted by Gasteiger charge is -2.32. The lowest BCUT2D eigenvalue weighted by molar-refractivity contribution is 0.0701. The molecule has 7 heteroatoms. The number of amides is 1. The van der Waals surface area contributed by atoms with Crippen LogP contribution in [0.1, 0.15) is 34.9 Å². The molecule has 1 fully saturated rings. The number of halogens is 1. The summed E-state index contributed by atoms with van der Waals surface area (Å²) in [5.74, 6) is 0.711. The highest BCUT2D eigenvalue weighted by Crippen LogP contribution is 2.29. The van der Waals surface area contributed by atoms with Crippen LogP contribution in [0.25, 0.3) is 5.65 Å². The molecular formula is C18H17ClN4O2. The van der Waals surface area contributed by atoms with Gasteiger partial charge in [0.15, 0.2) is 5.65 Å². The lowest BCUT2D eigenvalue weighted by atomic mass is 9.96. The van der Waals surface area contributed by atoms with Crippen molar-refractivity contribution in [1.29, 1.82) is 0 Å². The fourth-order valence-electron chi connectivity index (χ4n) is 3.36. The number of carbonyl (C=O) groups excluding carboxylic acids is 1. The number of aromatic hydroxyl groups is 1. The van der Waals surface area contributed by atoms with Crippen LogP contribution in [0.2, 0.25) is 5.02 Å². The first-order valence-corrected chi connectivity index (χ1v) is 8.59. The Labute approximate surface area is 149 Å². The van der Waals surface area contributed by atoms with E-state index in [4.69, 9.17) is 11.6 Å². The molecule has 0 aliphatic carbocycles. The second-order valence-electron chi connectivity index (χ2n) is 6.24. The molecule has 0 bridgehead atoms. The van der Waals surface area contributed by atoms with Gasteiger partial charge in [-0.25, -0.2) is 0 Å². The molecule has 1 aromatic carbocycles. The zero-order valence-electron chi connectivity index (χ0n) is 13.5. The van der Waals surface area contributed by atoms with Crippen LogP contribution in [-0.2, 0) is 0 Å². The van der Waals surface area contributed by atoms with E-state index < -0.39 is 0 Å². The molecule has 4 rings (SSSR count). The quantitative estimate of drug-likeness (QED) is 0.766. The third-order valence-corrected chi connectivity index (χ3v) is 4.84. The minimum Gasteiger partial charge on any atom is -0.507 e. The van der Waals surface area contributed by atoms with Crippen LogP contribution >= 0.6 is 11.6 Å². The van der Waals surface area contributed by atoms with Gasteiger partial charge < -0.3 is 10.0 Å². The molecular weight excluding hydrogens is 340 g/mol. The van der Waals surface area contributed by atoms with Crippen LogP contribution < -0.4 is 0 Å². The van der Waals surface area contributed by atoms with Crippen molar-refractivity contribution in [3.8, 4) is 5.75 Å². The maximum Gasteiger partial charge on any atom is 0.257 e. The number of nitrogens with zero attached hydrogens (tertiary/aromatic N) is 4. The lowest BCUT2D eigenvalue weighted by Crippen LogP contribution is -2.39. The second kappa shape index (κ2) is 6.37. The van der Waals surface area contributed by atoms with Crippen LogP contribution in [0, 0.1) is 0 Å². The number of aromatic nitrogens is 3. The van der Waals surface area contributed by atoms with E-state index in [2.05, 4.69) is 10.2 Å². The molecule has 0 radical (unpaired) electrons. The topological polar surface area (TPSA) is 70.7 Å². The predicted octanol–water partition coefficient (Wildman–Crippen LogP) is 3.11. The van der Waals surface area contributed by atoms with Crippen LogP contribution in [0.4, 0.5) is 0 Å². The Hall–Kier alpha value is -2.60. The monoisotopic (exact) mass is 356 g/mol. The molecule has 1 N–H and O–H groups in total. The first kappa shape index (κ1) is 15.9. The highest BCUT2D eigenvalue weighted by Gasteiger charge is 2.29. The van der Waals surface area contributed by atoms with Crippen LogP contribution in [-0.4, -0.2) is 43.6 Å². The van der Waals surface area contributed by atoms with Crippen molar-refractivity contribution >= 4 is 23.2 Å². The number of hydrogen-bond acceptors (Lipinski definition) is 4. The number of phenolic OH excluding ortho intramolecular Hbond substituents is 1. The first-order chi connectivity index (χ1) is 12.1. The zero-order valence-corrected chi connectivity index (χ0v) is 14.2. The van der Waals surface area contributed by atoms with Gasteiger partial charge >= 0.3 is 0 Å². The van der Waals surface area contributed by atoms with Crippen molar-refractivity contribution in [2.24, 2.45) is 0 Å². The molecule has 1 aliphatic heterocycles. The Morgan fingerprint density at radius 1 is 1.24 bits per heavy atom. The molecule has 0 spiro atoms. The molecule has 3 aromatic rings. The van der Waals surface area contributed by atoms with Gasteiger partial charge in [-0.3, -0.25) is 9.20 Å². The Morgan fingerprint density at radius 3 is 3.00 bits per heavy atom. The first-order valence-electron chi connectivity index (χ1n) is 8.21. The summed E-state index contributed by atoms with van der Waals surface area (Å²) < 4.78 is 1.97. The standard InChI is InChI=1S/C18H17ClN4O2/c19-13-6-7-15(24)14(10-13)18(25)22-8-3-4-12(11-22)17-21-20-16-5-1-2-9-23(16)17/h1-2,5-7,9-10,12,24H,3-4,8,11H2. The summed E-state index contributed by atoms with van der Waals surface area (Å²) in [6.45, 7) is 1.19. The highest BCUT2D eigenvalue weighted by atomic mass is 35.5. The summed E-state index contributed by atoms with van der Waals surface area (Å²) >= 11 is 5.97. The number of fused-ring (bicyclic) bond motifs is 1. The van der Waals surface area contributed by atoms with E-state index in [-0.39, 0.29) is 23.1 Å². The van der Waals surface area contributed by atoms with Gasteiger partial charge in [0.2, 0.25) is 0 Å². The summed E-state index contributed by atoms with van der Waals surface area (Å²) in [7, 11) is 0. The molecule has 1 atom stereocenters. The number of phenols is 1. The van der Waals surface area contributed by atoms with Gasteiger partial charge in [0, 0.05) is 30.2 Å². The summed E-state index contributed by atoms with van der Waals surface area (Å²) in [5.41, 5.74) is 1.03. The van der Waals surface area contributed by atoms with E-state index in [1.54, 1.807) is 11.0 Å². The van der Waals surface area contributed by atoms with E-state index in [0.717, 1.165) is 24.3 Å². The average Bonchev–Trinajstić information content (AvgIpc) is 3.07. The number of piperidine rings is 1. The second-order valence-corrected chi connectivity index (χ2v) is 6.68. The maximum atomic E-state index is 12.8. The minimum absolute atomic E-state index is 0.0514. The normalized spacial score (nSPS) is 17.8. The van der Waals surface area contributed by atoms with Gasteiger partial charge in [0.25, 0.3) is 5.91 Å². The SMILES string of the molecule is O=C(c1cc(Cl)ccc1O)N1CCCC(c2nnc3ccccn23)C1. The van der Waals surface area contributed by atoms with Crippen molar-refractivity contribution in [1.82, 2.24) is 19.5 Å². The molecule has 3 heterocycles. The maximum absolute atomic E-state index is 12.8. The third kappa shape index (κ3) is 2.93. The van der Waals surface area contributed by atoms with Gasteiger partial charge in [-0.05, 0) is 43.2 Å². The Bertz CT molecular complexity index is 940. The van der Waals surface area contributed by atoms with Gasteiger partial charge in [0.1, 0.15) is 11.6 Å². The van der Waals surface area contributed by atoms with E-state index in [9.17, 15) is 9.90 Å². The molecule has 128 valence electrons. The van der Waals surface area contributed by atoms with Gasteiger partial charge in [0.05, 0.1) is 5.56 Å². The van der Waals surface area contributed by atoms with Crippen molar-refractivity contribution in [3.63, 3.8) is 0 Å². The number of rotatable bonds is 2. The highest BCUT2D eigenvalue weighted by molar-refractivity contribution is 6.31. The molecule has 2 aromatic heterocycles. The molecule has 1 saturated heterocycles. The number of hydrogen-bond donors (Lipinski definition) is 1.